The lowest BCUT2D eigenvalue weighted by Crippen LogP contribution is -2.25. The minimum Gasteiger partial charge on any atom is -0.468 e. The minimum atomic E-state index is -0.407. The van der Waals surface area contributed by atoms with Gasteiger partial charge in [-0.15, -0.1) is 0 Å². The second-order valence-corrected chi connectivity index (χ2v) is 3.95. The number of esters is 1. The van der Waals surface area contributed by atoms with Crippen molar-refractivity contribution in [2.24, 2.45) is 0 Å². The molecule has 0 heterocycles. The third kappa shape index (κ3) is 5.91. The number of nitrogens with zero attached hydrogens (tertiary/aromatic N) is 2. The Morgan fingerprint density at radius 1 is 1.32 bits per heavy atom. The van der Waals surface area contributed by atoms with E-state index in [1.165, 1.54) is 23.1 Å². The van der Waals surface area contributed by atoms with Crippen LogP contribution in [0, 0.1) is 25.3 Å². The van der Waals surface area contributed by atoms with E-state index in [9.17, 15) is 4.79 Å². The Kier molecular flexibility index (Phi) is 8.03. The molecule has 1 aromatic carbocycles. The van der Waals surface area contributed by atoms with Crippen LogP contribution in [0.4, 0.5) is 0 Å². The smallest absolute Gasteiger partial charge is 0.326 e. The lowest BCUT2D eigenvalue weighted by Gasteiger charge is -2.14. The molecule has 0 spiro atoms. The van der Waals surface area contributed by atoms with Crippen molar-refractivity contribution in [2.75, 3.05) is 13.7 Å². The molecule has 0 saturated carbocycles. The Bertz CT molecular complexity index is 450. The molecule has 0 aromatic heterocycles. The Morgan fingerprint density at radius 2 is 1.95 bits per heavy atom. The van der Waals surface area contributed by atoms with Crippen LogP contribution in [0.25, 0.3) is 0 Å². The van der Waals surface area contributed by atoms with Gasteiger partial charge in [0.2, 0.25) is 0 Å². The van der Waals surface area contributed by atoms with E-state index in [1.807, 2.05) is 52.1 Å². The minimum absolute atomic E-state index is 0.0140. The number of rotatable bonds is 4. The Labute approximate surface area is 115 Å². The van der Waals surface area contributed by atoms with Crippen LogP contribution >= 0.6 is 0 Å². The van der Waals surface area contributed by atoms with Crippen molar-refractivity contribution in [1.29, 1.82) is 5.26 Å². The van der Waals surface area contributed by atoms with Gasteiger partial charge in [0.15, 0.2) is 6.19 Å². The van der Waals surface area contributed by atoms with Crippen LogP contribution < -0.4 is 0 Å². The maximum atomic E-state index is 11.1. The van der Waals surface area contributed by atoms with Crippen LogP contribution in [-0.2, 0) is 16.1 Å². The van der Waals surface area contributed by atoms with Crippen LogP contribution in [0.5, 0.6) is 0 Å². The third-order valence-electron chi connectivity index (χ3n) is 2.63. The van der Waals surface area contributed by atoms with Crippen LogP contribution in [0.15, 0.2) is 18.2 Å². The number of hydrogen-bond acceptors (Lipinski definition) is 4. The number of methoxy groups -OCH3 is 1. The summed E-state index contributed by atoms with van der Waals surface area (Å²) in [5.41, 5.74) is 3.40. The van der Waals surface area contributed by atoms with E-state index in [0.29, 0.717) is 6.54 Å². The van der Waals surface area contributed by atoms with Gasteiger partial charge in [-0.1, -0.05) is 32.0 Å². The molecule has 0 bridgehead atoms. The highest BCUT2D eigenvalue weighted by Gasteiger charge is 2.09. The molecule has 0 radical (unpaired) electrons. The molecule has 0 atom stereocenters. The Hall–Kier alpha value is -2.02. The zero-order valence-corrected chi connectivity index (χ0v) is 12.4. The second kappa shape index (κ2) is 8.98. The molecule has 104 valence electrons. The van der Waals surface area contributed by atoms with Gasteiger partial charge in [-0.2, -0.15) is 5.26 Å². The SMILES string of the molecule is CC.COC(=O)CN(C#N)Cc1ccc(C)c(C)c1. The summed E-state index contributed by atoms with van der Waals surface area (Å²) in [6.07, 6.45) is 1.98. The lowest BCUT2D eigenvalue weighted by atomic mass is 10.1. The molecular weight excluding hydrogens is 240 g/mol. The van der Waals surface area contributed by atoms with Crippen LogP contribution in [0.3, 0.4) is 0 Å². The largest absolute Gasteiger partial charge is 0.468 e. The molecule has 0 aliphatic carbocycles. The predicted molar refractivity (Wildman–Crippen MR) is 75.3 cm³/mol. The van der Waals surface area contributed by atoms with E-state index < -0.39 is 5.97 Å². The second-order valence-electron chi connectivity index (χ2n) is 3.95. The van der Waals surface area contributed by atoms with E-state index in [1.54, 1.807) is 0 Å². The van der Waals surface area contributed by atoms with Gasteiger partial charge in [-0.25, -0.2) is 0 Å². The first kappa shape index (κ1) is 17.0. The van der Waals surface area contributed by atoms with E-state index in [0.717, 1.165) is 5.56 Å². The van der Waals surface area contributed by atoms with Crippen LogP contribution in [0.1, 0.15) is 30.5 Å². The summed E-state index contributed by atoms with van der Waals surface area (Å²) < 4.78 is 4.53. The lowest BCUT2D eigenvalue weighted by molar-refractivity contribution is -0.141. The Morgan fingerprint density at radius 3 is 2.42 bits per heavy atom. The van der Waals surface area contributed by atoms with E-state index >= 15 is 0 Å². The highest BCUT2D eigenvalue weighted by atomic mass is 16.5. The molecule has 1 aromatic rings. The summed E-state index contributed by atoms with van der Waals surface area (Å²) >= 11 is 0. The molecule has 0 fully saturated rings. The monoisotopic (exact) mass is 262 g/mol. The van der Waals surface area contributed by atoms with Crippen molar-refractivity contribution in [2.45, 2.75) is 34.2 Å². The molecule has 0 unspecified atom stereocenters. The maximum Gasteiger partial charge on any atom is 0.326 e. The fraction of sp³-hybridized carbons (Fsp3) is 0.467. The Balaban J connectivity index is 0.00000154. The van der Waals surface area contributed by atoms with Crippen molar-refractivity contribution < 1.29 is 9.53 Å². The molecule has 4 nitrogen and oxygen atoms in total. The molecular formula is C15H22N2O2. The molecule has 0 aliphatic heterocycles. The summed E-state index contributed by atoms with van der Waals surface area (Å²) in [6, 6.07) is 6.00. The highest BCUT2D eigenvalue weighted by Crippen LogP contribution is 2.11. The summed E-state index contributed by atoms with van der Waals surface area (Å²) in [4.78, 5) is 12.4. The van der Waals surface area contributed by atoms with Gasteiger partial charge in [-0.05, 0) is 30.5 Å². The number of carbonyl (C=O) groups excluding carboxylic acids is 1. The fourth-order valence-electron chi connectivity index (χ4n) is 1.47. The van der Waals surface area contributed by atoms with Crippen molar-refractivity contribution in [3.05, 3.63) is 34.9 Å². The zero-order valence-electron chi connectivity index (χ0n) is 12.4. The molecule has 0 aliphatic rings. The van der Waals surface area contributed by atoms with E-state index in [2.05, 4.69) is 4.74 Å². The van der Waals surface area contributed by atoms with E-state index in [-0.39, 0.29) is 6.54 Å². The summed E-state index contributed by atoms with van der Waals surface area (Å²) in [6.45, 7) is 8.47. The van der Waals surface area contributed by atoms with Gasteiger partial charge < -0.3 is 4.74 Å². The zero-order chi connectivity index (χ0) is 14.8. The van der Waals surface area contributed by atoms with E-state index in [4.69, 9.17) is 5.26 Å². The quantitative estimate of drug-likeness (QED) is 0.475. The van der Waals surface area contributed by atoms with Gasteiger partial charge in [0.05, 0.1) is 13.7 Å². The number of nitriles is 1. The maximum absolute atomic E-state index is 11.1. The third-order valence-corrected chi connectivity index (χ3v) is 2.63. The van der Waals surface area contributed by atoms with Gasteiger partial charge in [0.25, 0.3) is 0 Å². The standard InChI is InChI=1S/C13H16N2O2.C2H6/c1-10-4-5-12(6-11(10)2)7-15(9-14)8-13(16)17-3;1-2/h4-6H,7-8H2,1-3H3;1-2H3. The number of aryl methyl sites for hydroxylation is 2. The van der Waals surface area contributed by atoms with Crippen molar-refractivity contribution >= 4 is 5.97 Å². The van der Waals surface area contributed by atoms with Gasteiger partial charge in [-0.3, -0.25) is 9.69 Å². The molecule has 4 heteroatoms. The summed E-state index contributed by atoms with van der Waals surface area (Å²) in [5, 5.41) is 8.92. The highest BCUT2D eigenvalue weighted by molar-refractivity contribution is 5.71. The topological polar surface area (TPSA) is 53.3 Å². The first-order valence-corrected chi connectivity index (χ1v) is 6.34. The molecule has 19 heavy (non-hydrogen) atoms. The molecule has 0 saturated heterocycles. The first-order valence-electron chi connectivity index (χ1n) is 6.34. The number of hydrogen-bond donors (Lipinski definition) is 0. The van der Waals surface area contributed by atoms with Gasteiger partial charge in [0.1, 0.15) is 6.54 Å². The van der Waals surface area contributed by atoms with Crippen molar-refractivity contribution in [3.63, 3.8) is 0 Å². The number of benzene rings is 1. The number of carbonyl (C=O) groups is 1. The van der Waals surface area contributed by atoms with Crippen LogP contribution in [0.2, 0.25) is 0 Å². The van der Waals surface area contributed by atoms with Gasteiger partial charge >= 0.3 is 5.97 Å². The van der Waals surface area contributed by atoms with Crippen molar-refractivity contribution in [3.8, 4) is 6.19 Å². The summed E-state index contributed by atoms with van der Waals surface area (Å²) in [7, 11) is 1.31. The molecule has 0 amide bonds. The normalized spacial score (nSPS) is 8.84. The average molecular weight is 262 g/mol. The summed E-state index contributed by atoms with van der Waals surface area (Å²) in [5.74, 6) is -0.407. The average Bonchev–Trinajstić information content (AvgIpc) is 2.44. The number of ether oxygens (including phenoxy) is 1. The van der Waals surface area contributed by atoms with Crippen molar-refractivity contribution in [1.82, 2.24) is 4.90 Å². The first-order chi connectivity index (χ1) is 9.06. The molecule has 1 rings (SSSR count). The van der Waals surface area contributed by atoms with Crippen LogP contribution in [-0.4, -0.2) is 24.5 Å². The molecule has 0 N–H and O–H groups in total. The fourth-order valence-corrected chi connectivity index (χ4v) is 1.47. The van der Waals surface area contributed by atoms with Gasteiger partial charge in [0, 0.05) is 0 Å². The predicted octanol–water partition coefficient (Wildman–Crippen LogP) is 2.79.